The number of ether oxygens (including phenoxy) is 2. The monoisotopic (exact) mass is 248 g/mol. The minimum absolute atomic E-state index is 0.0880. The highest BCUT2D eigenvalue weighted by atomic mass is 16.8. The van der Waals surface area contributed by atoms with Crippen molar-refractivity contribution in [1.82, 2.24) is 0 Å². The van der Waals surface area contributed by atoms with Crippen molar-refractivity contribution in [2.75, 3.05) is 0 Å². The van der Waals surface area contributed by atoms with Crippen molar-refractivity contribution in [3.05, 3.63) is 12.2 Å². The predicted molar refractivity (Wildman–Crippen MR) is 65.6 cm³/mol. The Kier molecular flexibility index (Phi) is 2.35. The molecule has 2 saturated carbocycles. The zero-order chi connectivity index (χ0) is 12.2. The van der Waals surface area contributed by atoms with Gasteiger partial charge in [-0.05, 0) is 31.6 Å². The van der Waals surface area contributed by atoms with E-state index < -0.39 is 5.60 Å². The SMILES string of the molecule is O=C1O[C@H](C2CCCCC2)OC12CC1C=CC2C1. The summed E-state index contributed by atoms with van der Waals surface area (Å²) >= 11 is 0. The van der Waals surface area contributed by atoms with E-state index in [1.807, 2.05) is 0 Å². The van der Waals surface area contributed by atoms with Crippen molar-refractivity contribution < 1.29 is 14.3 Å². The second-order valence-electron chi connectivity index (χ2n) is 6.37. The standard InChI is InChI=1S/C15H20O3/c16-14-15(9-10-6-7-12(15)8-10)18-13(17-14)11-4-2-1-3-5-11/h6-7,10-13H,1-5,8-9H2/t10?,12?,13-,15?/m0/s1. The van der Waals surface area contributed by atoms with Crippen LogP contribution in [-0.4, -0.2) is 17.9 Å². The van der Waals surface area contributed by atoms with Crippen LogP contribution in [0.5, 0.6) is 0 Å². The number of esters is 1. The summed E-state index contributed by atoms with van der Waals surface area (Å²) in [5.74, 6) is 1.15. The summed E-state index contributed by atoms with van der Waals surface area (Å²) in [6, 6.07) is 0. The van der Waals surface area contributed by atoms with Gasteiger partial charge in [-0.2, -0.15) is 0 Å². The third-order valence-corrected chi connectivity index (χ3v) is 5.27. The lowest BCUT2D eigenvalue weighted by molar-refractivity contribution is -0.149. The minimum atomic E-state index is -0.610. The molecule has 3 nitrogen and oxygen atoms in total. The molecule has 1 saturated heterocycles. The number of hydrogen-bond donors (Lipinski definition) is 0. The summed E-state index contributed by atoms with van der Waals surface area (Å²) in [7, 11) is 0. The molecule has 18 heavy (non-hydrogen) atoms. The van der Waals surface area contributed by atoms with Gasteiger partial charge in [-0.25, -0.2) is 4.79 Å². The second kappa shape index (κ2) is 3.83. The zero-order valence-corrected chi connectivity index (χ0v) is 10.6. The van der Waals surface area contributed by atoms with Crippen LogP contribution < -0.4 is 0 Å². The van der Waals surface area contributed by atoms with Crippen molar-refractivity contribution in [3.63, 3.8) is 0 Å². The van der Waals surface area contributed by atoms with E-state index in [0.717, 1.165) is 25.7 Å². The highest BCUT2D eigenvalue weighted by Gasteiger charge is 2.61. The summed E-state index contributed by atoms with van der Waals surface area (Å²) in [4.78, 5) is 12.3. The van der Waals surface area contributed by atoms with Crippen LogP contribution in [0.4, 0.5) is 0 Å². The Morgan fingerprint density at radius 3 is 2.67 bits per heavy atom. The van der Waals surface area contributed by atoms with Gasteiger partial charge < -0.3 is 9.47 Å². The largest absolute Gasteiger partial charge is 0.433 e. The Balaban J connectivity index is 1.54. The summed E-state index contributed by atoms with van der Waals surface area (Å²) < 4.78 is 11.8. The number of rotatable bonds is 1. The van der Waals surface area contributed by atoms with Crippen LogP contribution >= 0.6 is 0 Å². The van der Waals surface area contributed by atoms with Gasteiger partial charge in [0.15, 0.2) is 5.60 Å². The number of carbonyl (C=O) groups is 1. The Labute approximate surface area is 108 Å². The molecule has 3 fully saturated rings. The van der Waals surface area contributed by atoms with E-state index in [1.165, 1.54) is 19.3 Å². The maximum absolute atomic E-state index is 12.3. The fraction of sp³-hybridized carbons (Fsp3) is 0.800. The van der Waals surface area contributed by atoms with Gasteiger partial charge in [0.25, 0.3) is 0 Å². The van der Waals surface area contributed by atoms with E-state index in [9.17, 15) is 4.79 Å². The van der Waals surface area contributed by atoms with E-state index in [-0.39, 0.29) is 18.2 Å². The van der Waals surface area contributed by atoms with Gasteiger partial charge in [0.2, 0.25) is 6.29 Å². The van der Waals surface area contributed by atoms with Gasteiger partial charge in [-0.3, -0.25) is 0 Å². The molecule has 3 aliphatic carbocycles. The first-order valence-corrected chi connectivity index (χ1v) is 7.35. The van der Waals surface area contributed by atoms with Crippen LogP contribution in [0.3, 0.4) is 0 Å². The van der Waals surface area contributed by atoms with Crippen LogP contribution in [0.2, 0.25) is 0 Å². The summed E-state index contributed by atoms with van der Waals surface area (Å²) in [6.07, 6.45) is 12.2. The third kappa shape index (κ3) is 1.43. The lowest BCUT2D eigenvalue weighted by Crippen LogP contribution is -2.41. The van der Waals surface area contributed by atoms with Gasteiger partial charge in [-0.15, -0.1) is 0 Å². The molecule has 2 bridgehead atoms. The molecular weight excluding hydrogens is 228 g/mol. The van der Waals surface area contributed by atoms with Crippen LogP contribution in [-0.2, 0) is 14.3 Å². The molecule has 4 atom stereocenters. The Morgan fingerprint density at radius 2 is 2.00 bits per heavy atom. The van der Waals surface area contributed by atoms with Crippen molar-refractivity contribution in [3.8, 4) is 0 Å². The Bertz CT molecular complexity index is 397. The predicted octanol–water partition coefficient (Wildman–Crippen LogP) is 2.80. The molecule has 0 radical (unpaired) electrons. The van der Waals surface area contributed by atoms with Gasteiger partial charge in [0, 0.05) is 11.8 Å². The maximum atomic E-state index is 12.3. The molecule has 0 aromatic rings. The molecule has 1 aliphatic heterocycles. The average molecular weight is 248 g/mol. The zero-order valence-electron chi connectivity index (χ0n) is 10.6. The number of carbonyl (C=O) groups excluding carboxylic acids is 1. The molecular formula is C15H20O3. The molecule has 4 aliphatic rings. The number of allylic oxidation sites excluding steroid dienone is 1. The van der Waals surface area contributed by atoms with Crippen LogP contribution in [0.15, 0.2) is 12.2 Å². The average Bonchev–Trinajstić information content (AvgIpc) is 3.07. The van der Waals surface area contributed by atoms with Crippen molar-refractivity contribution in [2.45, 2.75) is 56.8 Å². The van der Waals surface area contributed by atoms with Gasteiger partial charge in [0.05, 0.1) is 0 Å². The quantitative estimate of drug-likeness (QED) is 0.529. The first-order valence-electron chi connectivity index (χ1n) is 7.35. The molecule has 3 unspecified atom stereocenters. The fourth-order valence-electron chi connectivity index (χ4n) is 4.27. The molecule has 0 amide bonds. The van der Waals surface area contributed by atoms with Crippen molar-refractivity contribution >= 4 is 5.97 Å². The van der Waals surface area contributed by atoms with Crippen LogP contribution in [0.1, 0.15) is 44.9 Å². The molecule has 4 rings (SSSR count). The molecule has 98 valence electrons. The fourth-order valence-corrected chi connectivity index (χ4v) is 4.27. The molecule has 3 heteroatoms. The smallest absolute Gasteiger partial charge is 0.341 e. The van der Waals surface area contributed by atoms with E-state index in [4.69, 9.17) is 9.47 Å². The lowest BCUT2D eigenvalue weighted by atomic mass is 9.87. The topological polar surface area (TPSA) is 35.5 Å². The minimum Gasteiger partial charge on any atom is -0.433 e. The maximum Gasteiger partial charge on any atom is 0.341 e. The van der Waals surface area contributed by atoms with Gasteiger partial charge in [0.1, 0.15) is 0 Å². The molecule has 0 aromatic heterocycles. The summed E-state index contributed by atoms with van der Waals surface area (Å²) in [5, 5.41) is 0. The molecule has 0 aromatic carbocycles. The van der Waals surface area contributed by atoms with Crippen molar-refractivity contribution in [2.24, 2.45) is 17.8 Å². The van der Waals surface area contributed by atoms with E-state index in [1.54, 1.807) is 0 Å². The number of cyclic esters (lactones) is 1. The van der Waals surface area contributed by atoms with Gasteiger partial charge in [-0.1, -0.05) is 31.4 Å². The molecule has 1 spiro atoms. The number of fused-ring (bicyclic) bond motifs is 3. The second-order valence-corrected chi connectivity index (χ2v) is 6.37. The first-order chi connectivity index (χ1) is 8.78. The lowest BCUT2D eigenvalue weighted by Gasteiger charge is -2.29. The van der Waals surface area contributed by atoms with Crippen molar-refractivity contribution in [1.29, 1.82) is 0 Å². The Morgan fingerprint density at radius 1 is 1.17 bits per heavy atom. The molecule has 0 N–H and O–H groups in total. The van der Waals surface area contributed by atoms with Crippen LogP contribution in [0, 0.1) is 17.8 Å². The van der Waals surface area contributed by atoms with E-state index >= 15 is 0 Å². The summed E-state index contributed by atoms with van der Waals surface area (Å²) in [6.45, 7) is 0. The molecule has 1 heterocycles. The van der Waals surface area contributed by atoms with E-state index in [0.29, 0.717) is 11.8 Å². The highest BCUT2D eigenvalue weighted by molar-refractivity contribution is 5.83. The van der Waals surface area contributed by atoms with E-state index in [2.05, 4.69) is 12.2 Å². The highest BCUT2D eigenvalue weighted by Crippen LogP contribution is 2.53. The van der Waals surface area contributed by atoms with Gasteiger partial charge >= 0.3 is 5.97 Å². The Hall–Kier alpha value is -0.830. The number of hydrogen-bond acceptors (Lipinski definition) is 3. The van der Waals surface area contributed by atoms with Crippen LogP contribution in [0.25, 0.3) is 0 Å². The first kappa shape index (κ1) is 11.0. The third-order valence-electron chi connectivity index (χ3n) is 5.27. The normalized spacial score (nSPS) is 47.1. The summed E-state index contributed by atoms with van der Waals surface area (Å²) in [5.41, 5.74) is -0.610.